The van der Waals surface area contributed by atoms with Crippen molar-refractivity contribution in [1.29, 1.82) is 0 Å². The number of carbonyl (C=O) groups excluding carboxylic acids is 1. The second kappa shape index (κ2) is 5.43. The summed E-state index contributed by atoms with van der Waals surface area (Å²) in [7, 11) is 0. The Morgan fingerprint density at radius 1 is 1.56 bits per heavy atom. The van der Waals surface area contributed by atoms with Crippen LogP contribution in [0.4, 0.5) is 5.69 Å². The number of nitro benzene ring substituents is 1. The molecule has 1 amide bonds. The number of nitrogens with one attached hydrogen (secondary N) is 1. The molecule has 0 aliphatic heterocycles. The van der Waals surface area contributed by atoms with Crippen LogP contribution in [-0.2, 0) is 0 Å². The molecule has 0 fully saturated rings. The molecule has 1 aromatic rings. The van der Waals surface area contributed by atoms with Crippen molar-refractivity contribution in [3.63, 3.8) is 0 Å². The number of benzene rings is 1. The molecule has 0 saturated heterocycles. The van der Waals surface area contributed by atoms with Crippen LogP contribution in [0, 0.1) is 10.1 Å². The van der Waals surface area contributed by atoms with E-state index in [0.29, 0.717) is 0 Å². The number of hydrogen-bond acceptors (Lipinski definition) is 4. The van der Waals surface area contributed by atoms with Crippen LogP contribution in [0.1, 0.15) is 10.4 Å². The van der Waals surface area contributed by atoms with Crippen LogP contribution in [0.2, 0.25) is 5.02 Å². The highest BCUT2D eigenvalue weighted by Gasteiger charge is 2.22. The lowest BCUT2D eigenvalue weighted by molar-refractivity contribution is -0.385. The second-order valence-electron chi connectivity index (χ2n) is 2.94. The fourth-order valence-corrected chi connectivity index (χ4v) is 1.42. The average molecular weight is 244 g/mol. The Balaban J connectivity index is 3.10. The molecule has 0 unspecified atom stereocenters. The summed E-state index contributed by atoms with van der Waals surface area (Å²) < 4.78 is 0. The third-order valence-corrected chi connectivity index (χ3v) is 2.16. The predicted octanol–water partition coefficient (Wildman–Crippen LogP) is 0.937. The van der Waals surface area contributed by atoms with E-state index in [-0.39, 0.29) is 29.4 Å². The quantitative estimate of drug-likeness (QED) is 0.607. The maximum Gasteiger partial charge on any atom is 0.283 e. The largest absolute Gasteiger partial charge is 0.351 e. The lowest BCUT2D eigenvalue weighted by Crippen LogP contribution is -2.29. The number of nitrogens with zero attached hydrogens (tertiary/aromatic N) is 1. The molecule has 7 heteroatoms. The molecule has 6 nitrogen and oxygen atoms in total. The van der Waals surface area contributed by atoms with Gasteiger partial charge in [0.05, 0.1) is 9.95 Å². The summed E-state index contributed by atoms with van der Waals surface area (Å²) in [5, 5.41) is 13.2. The zero-order valence-corrected chi connectivity index (χ0v) is 9.03. The average Bonchev–Trinajstić information content (AvgIpc) is 2.25. The van der Waals surface area contributed by atoms with Crippen LogP contribution >= 0.6 is 11.6 Å². The van der Waals surface area contributed by atoms with Crippen LogP contribution in [0.5, 0.6) is 0 Å². The molecule has 0 saturated carbocycles. The SMILES string of the molecule is NCCNC(=O)c1c(Cl)cccc1[N+](=O)[O-]. The van der Waals surface area contributed by atoms with Crippen molar-refractivity contribution in [2.75, 3.05) is 13.1 Å². The van der Waals surface area contributed by atoms with Gasteiger partial charge in [-0.15, -0.1) is 0 Å². The third kappa shape index (κ3) is 2.68. The molecular weight excluding hydrogens is 234 g/mol. The molecule has 0 atom stereocenters. The number of hydrogen-bond donors (Lipinski definition) is 2. The third-order valence-electron chi connectivity index (χ3n) is 1.85. The number of rotatable bonds is 4. The van der Waals surface area contributed by atoms with Gasteiger partial charge in [0.2, 0.25) is 0 Å². The Morgan fingerprint density at radius 3 is 2.81 bits per heavy atom. The van der Waals surface area contributed by atoms with Gasteiger partial charge in [-0.1, -0.05) is 17.7 Å². The normalized spacial score (nSPS) is 9.88. The molecule has 0 aliphatic carbocycles. The maximum atomic E-state index is 11.6. The molecule has 16 heavy (non-hydrogen) atoms. The van der Waals surface area contributed by atoms with Crippen LogP contribution in [0.25, 0.3) is 0 Å². The van der Waals surface area contributed by atoms with E-state index in [9.17, 15) is 14.9 Å². The lowest BCUT2D eigenvalue weighted by atomic mass is 10.1. The standard InChI is InChI=1S/C9H10ClN3O3/c10-6-2-1-3-7(13(15)16)8(6)9(14)12-5-4-11/h1-3H,4-5,11H2,(H,12,14). The zero-order valence-electron chi connectivity index (χ0n) is 8.27. The van der Waals surface area contributed by atoms with Gasteiger partial charge < -0.3 is 11.1 Å². The summed E-state index contributed by atoms with van der Waals surface area (Å²) in [5.74, 6) is -0.595. The first-order valence-electron chi connectivity index (χ1n) is 4.49. The second-order valence-corrected chi connectivity index (χ2v) is 3.34. The van der Waals surface area contributed by atoms with E-state index in [0.717, 1.165) is 0 Å². The number of amides is 1. The molecule has 1 aromatic carbocycles. The summed E-state index contributed by atoms with van der Waals surface area (Å²) in [6.07, 6.45) is 0. The molecule has 86 valence electrons. The highest BCUT2D eigenvalue weighted by atomic mass is 35.5. The molecule has 3 N–H and O–H groups in total. The van der Waals surface area contributed by atoms with Crippen LogP contribution in [-0.4, -0.2) is 23.9 Å². The molecule has 0 aromatic heterocycles. The lowest BCUT2D eigenvalue weighted by Gasteiger charge is -2.05. The fraction of sp³-hybridized carbons (Fsp3) is 0.222. The number of nitrogens with two attached hydrogens (primary N) is 1. The van der Waals surface area contributed by atoms with E-state index in [2.05, 4.69) is 5.32 Å². The zero-order chi connectivity index (χ0) is 12.1. The summed E-state index contributed by atoms with van der Waals surface area (Å²) in [4.78, 5) is 21.6. The van der Waals surface area contributed by atoms with E-state index in [1.54, 1.807) is 0 Å². The minimum atomic E-state index is -0.650. The number of nitro groups is 1. The predicted molar refractivity (Wildman–Crippen MR) is 59.5 cm³/mol. The van der Waals surface area contributed by atoms with Crippen molar-refractivity contribution in [2.45, 2.75) is 0 Å². The monoisotopic (exact) mass is 243 g/mol. The minimum absolute atomic E-state index is 0.0451. The molecule has 0 heterocycles. The Morgan fingerprint density at radius 2 is 2.25 bits per heavy atom. The van der Waals surface area contributed by atoms with Crippen LogP contribution in [0.3, 0.4) is 0 Å². The van der Waals surface area contributed by atoms with Gasteiger partial charge in [-0.2, -0.15) is 0 Å². The van der Waals surface area contributed by atoms with E-state index < -0.39 is 10.8 Å². The number of carbonyl (C=O) groups is 1. The molecule has 0 aliphatic rings. The van der Waals surface area contributed by atoms with Gasteiger partial charge in [-0.3, -0.25) is 14.9 Å². The van der Waals surface area contributed by atoms with Crippen molar-refractivity contribution in [3.8, 4) is 0 Å². The number of halogens is 1. The highest BCUT2D eigenvalue weighted by molar-refractivity contribution is 6.34. The summed E-state index contributed by atoms with van der Waals surface area (Å²) in [5.41, 5.74) is 4.76. The van der Waals surface area contributed by atoms with E-state index in [1.807, 2.05) is 0 Å². The smallest absolute Gasteiger partial charge is 0.283 e. The van der Waals surface area contributed by atoms with Crippen LogP contribution < -0.4 is 11.1 Å². The molecule has 0 spiro atoms. The van der Waals surface area contributed by atoms with Gasteiger partial charge in [0.1, 0.15) is 5.56 Å². The van der Waals surface area contributed by atoms with Gasteiger partial charge in [0.15, 0.2) is 0 Å². The summed E-state index contributed by atoms with van der Waals surface area (Å²) in [6, 6.07) is 4.06. The Kier molecular flexibility index (Phi) is 4.21. The first-order valence-corrected chi connectivity index (χ1v) is 4.87. The van der Waals surface area contributed by atoms with E-state index in [1.165, 1.54) is 18.2 Å². The first kappa shape index (κ1) is 12.4. The van der Waals surface area contributed by atoms with Crippen LogP contribution in [0.15, 0.2) is 18.2 Å². The maximum absolute atomic E-state index is 11.6. The summed E-state index contributed by atoms with van der Waals surface area (Å²) >= 11 is 5.75. The van der Waals surface area contributed by atoms with E-state index >= 15 is 0 Å². The molecular formula is C9H10ClN3O3. The topological polar surface area (TPSA) is 98.3 Å². The molecule has 1 rings (SSSR count). The van der Waals surface area contributed by atoms with Crippen molar-refractivity contribution >= 4 is 23.2 Å². The fourth-order valence-electron chi connectivity index (χ4n) is 1.16. The van der Waals surface area contributed by atoms with Crippen molar-refractivity contribution in [3.05, 3.63) is 38.9 Å². The highest BCUT2D eigenvalue weighted by Crippen LogP contribution is 2.25. The van der Waals surface area contributed by atoms with Crippen molar-refractivity contribution in [2.24, 2.45) is 5.73 Å². The van der Waals surface area contributed by atoms with E-state index in [4.69, 9.17) is 17.3 Å². The van der Waals surface area contributed by atoms with Crippen molar-refractivity contribution in [1.82, 2.24) is 5.32 Å². The van der Waals surface area contributed by atoms with Gasteiger partial charge in [0, 0.05) is 19.2 Å². The molecule has 0 bridgehead atoms. The first-order chi connectivity index (χ1) is 7.57. The van der Waals surface area contributed by atoms with Gasteiger partial charge >= 0.3 is 0 Å². The minimum Gasteiger partial charge on any atom is -0.351 e. The Hall–Kier alpha value is -1.66. The van der Waals surface area contributed by atoms with Gasteiger partial charge in [0.25, 0.3) is 11.6 Å². The summed E-state index contributed by atoms with van der Waals surface area (Å²) in [6.45, 7) is 0.491. The van der Waals surface area contributed by atoms with Gasteiger partial charge in [-0.05, 0) is 6.07 Å². The Bertz CT molecular complexity index is 422. The molecule has 0 radical (unpaired) electrons. The Labute approximate surface area is 96.5 Å². The van der Waals surface area contributed by atoms with Gasteiger partial charge in [-0.25, -0.2) is 0 Å². The van der Waals surface area contributed by atoms with Crippen molar-refractivity contribution < 1.29 is 9.72 Å².